The average Bonchev–Trinajstić information content (AvgIpc) is 3.20. The van der Waals surface area contributed by atoms with Crippen LogP contribution in [0.5, 0.6) is 0 Å². The molecule has 0 saturated carbocycles. The summed E-state index contributed by atoms with van der Waals surface area (Å²) in [6.45, 7) is 2.37. The van der Waals surface area contributed by atoms with Gasteiger partial charge in [0.25, 0.3) is 5.91 Å². The maximum absolute atomic E-state index is 13.6. The van der Waals surface area contributed by atoms with Crippen LogP contribution < -0.4 is 15.8 Å². The minimum absolute atomic E-state index is 0.0113. The molecule has 4 rings (SSSR count). The van der Waals surface area contributed by atoms with Gasteiger partial charge in [0.05, 0.1) is 15.5 Å². The number of urea groups is 1. The first-order valence-corrected chi connectivity index (χ1v) is 15.3. The summed E-state index contributed by atoms with van der Waals surface area (Å²) in [6, 6.07) is 10.2. The van der Waals surface area contributed by atoms with E-state index in [0.717, 1.165) is 10.8 Å². The lowest BCUT2D eigenvalue weighted by molar-refractivity contribution is 0.0701. The number of anilines is 1. The molecule has 3 amide bonds. The molecule has 4 N–H and O–H groups in total. The number of rotatable bonds is 6. The number of benzene rings is 2. The van der Waals surface area contributed by atoms with Gasteiger partial charge in [0.1, 0.15) is 9.90 Å². The molecule has 0 bridgehead atoms. The maximum atomic E-state index is 13.6. The minimum Gasteiger partial charge on any atom is -0.338 e. The number of hydrogen-bond acceptors (Lipinski definition) is 7. The zero-order chi connectivity index (χ0) is 27.0. The Hall–Kier alpha value is -2.75. The van der Waals surface area contributed by atoms with Gasteiger partial charge in [-0.2, -0.15) is 4.31 Å². The molecule has 0 radical (unpaired) electrons. The second-order valence-corrected chi connectivity index (χ2v) is 13.0. The van der Waals surface area contributed by atoms with Gasteiger partial charge in [-0.3, -0.25) is 10.1 Å². The molecule has 1 aliphatic heterocycles. The van der Waals surface area contributed by atoms with Gasteiger partial charge in [-0.25, -0.2) is 26.8 Å². The Morgan fingerprint density at radius 1 is 1.05 bits per heavy atom. The number of sulfonamides is 2. The van der Waals surface area contributed by atoms with E-state index in [1.807, 2.05) is 12.1 Å². The summed E-state index contributed by atoms with van der Waals surface area (Å²) < 4.78 is 51.9. The van der Waals surface area contributed by atoms with E-state index in [2.05, 4.69) is 10.6 Å². The molecule has 37 heavy (non-hydrogen) atoms. The second kappa shape index (κ2) is 10.6. The molecule has 11 nitrogen and oxygen atoms in total. The van der Waals surface area contributed by atoms with Crippen molar-refractivity contribution in [2.24, 2.45) is 5.14 Å². The maximum Gasteiger partial charge on any atom is 0.319 e. The highest BCUT2D eigenvalue weighted by atomic mass is 35.5. The predicted molar refractivity (Wildman–Crippen MR) is 142 cm³/mol. The lowest BCUT2D eigenvalue weighted by Gasteiger charge is -2.34. The number of carbonyl (C=O) groups is 2. The van der Waals surface area contributed by atoms with Crippen molar-refractivity contribution in [3.8, 4) is 0 Å². The Kier molecular flexibility index (Phi) is 7.78. The Morgan fingerprint density at radius 2 is 1.73 bits per heavy atom. The number of hydrogen-bond donors (Lipinski definition) is 3. The third kappa shape index (κ3) is 5.58. The molecule has 0 unspecified atom stereocenters. The van der Waals surface area contributed by atoms with E-state index >= 15 is 0 Å². The Balaban J connectivity index is 1.56. The van der Waals surface area contributed by atoms with Crippen LogP contribution in [0.15, 0.2) is 52.3 Å². The summed E-state index contributed by atoms with van der Waals surface area (Å²) in [5.74, 6) is -0.329. The van der Waals surface area contributed by atoms with Crippen LogP contribution in [-0.2, 0) is 20.0 Å². The molecule has 0 aliphatic carbocycles. The molecule has 1 fully saturated rings. The highest BCUT2D eigenvalue weighted by Gasteiger charge is 2.33. The summed E-state index contributed by atoms with van der Waals surface area (Å²) in [7, 11) is -8.30. The van der Waals surface area contributed by atoms with Crippen LogP contribution in [0.4, 0.5) is 9.80 Å². The van der Waals surface area contributed by atoms with Crippen LogP contribution in [0, 0.1) is 0 Å². The van der Waals surface area contributed by atoms with Gasteiger partial charge in [-0.05, 0) is 31.2 Å². The number of primary sulfonamides is 1. The van der Waals surface area contributed by atoms with Gasteiger partial charge in [0, 0.05) is 42.8 Å². The van der Waals surface area contributed by atoms with Gasteiger partial charge in [-0.15, -0.1) is 11.3 Å². The smallest absolute Gasteiger partial charge is 0.319 e. The topological polar surface area (TPSA) is 159 Å². The van der Waals surface area contributed by atoms with Crippen LogP contribution in [0.1, 0.15) is 17.3 Å². The SMILES string of the molecule is CCNC(=O)Nc1sc2ccccc2c1C(=O)N1CCN(S(=O)(=O)c2ccc(Cl)c(S(N)(=O)=O)c2)CC1. The Labute approximate surface area is 223 Å². The highest BCUT2D eigenvalue weighted by molar-refractivity contribution is 7.90. The number of nitrogens with two attached hydrogens (primary N) is 1. The van der Waals surface area contributed by atoms with E-state index < -0.39 is 31.0 Å². The van der Waals surface area contributed by atoms with Crippen molar-refractivity contribution in [3.05, 3.63) is 53.1 Å². The van der Waals surface area contributed by atoms with E-state index in [-0.39, 0.29) is 42.0 Å². The van der Waals surface area contributed by atoms with Crippen LogP contribution >= 0.6 is 22.9 Å². The molecule has 0 spiro atoms. The number of nitrogens with zero attached hydrogens (tertiary/aromatic N) is 2. The molecule has 3 aromatic rings. The average molecular weight is 586 g/mol. The predicted octanol–water partition coefficient (Wildman–Crippen LogP) is 2.49. The van der Waals surface area contributed by atoms with Crippen molar-refractivity contribution in [3.63, 3.8) is 0 Å². The summed E-state index contributed by atoms with van der Waals surface area (Å²) in [5.41, 5.74) is 0.346. The molecule has 1 aromatic heterocycles. The van der Waals surface area contributed by atoms with Crippen LogP contribution in [0.2, 0.25) is 5.02 Å². The molecule has 2 aromatic carbocycles. The molecule has 2 heterocycles. The molecule has 1 aliphatic rings. The van der Waals surface area contributed by atoms with Gasteiger partial charge in [0.2, 0.25) is 20.0 Å². The zero-order valence-electron chi connectivity index (χ0n) is 19.6. The molecular formula is C22H24ClN5O6S3. The standard InChI is InChI=1S/C22H24ClN5O6S3/c1-2-25-22(30)26-20-19(15-5-3-4-6-17(15)35-20)21(29)27-9-11-28(12-10-27)37(33,34)14-7-8-16(23)18(13-14)36(24,31)32/h3-8,13H,2,9-12H2,1H3,(H2,24,31,32)(H2,25,26,30). The van der Waals surface area contributed by atoms with Gasteiger partial charge in [-0.1, -0.05) is 29.8 Å². The highest BCUT2D eigenvalue weighted by Crippen LogP contribution is 2.37. The summed E-state index contributed by atoms with van der Waals surface area (Å²) in [6.07, 6.45) is 0. The fourth-order valence-electron chi connectivity index (χ4n) is 3.95. The number of amides is 3. The summed E-state index contributed by atoms with van der Waals surface area (Å²) >= 11 is 7.16. The van der Waals surface area contributed by atoms with Crippen molar-refractivity contribution in [1.29, 1.82) is 0 Å². The molecule has 198 valence electrons. The number of nitrogens with one attached hydrogen (secondary N) is 2. The van der Waals surface area contributed by atoms with E-state index in [9.17, 15) is 26.4 Å². The summed E-state index contributed by atoms with van der Waals surface area (Å²) in [4.78, 5) is 26.5. The van der Waals surface area contributed by atoms with Crippen molar-refractivity contribution >= 4 is 70.0 Å². The number of halogens is 1. The second-order valence-electron chi connectivity index (χ2n) is 8.12. The largest absolute Gasteiger partial charge is 0.338 e. The molecule has 1 saturated heterocycles. The van der Waals surface area contributed by atoms with Crippen LogP contribution in [0.3, 0.4) is 0 Å². The minimum atomic E-state index is -4.23. The number of fused-ring (bicyclic) bond motifs is 1. The first-order chi connectivity index (χ1) is 17.4. The number of carbonyl (C=O) groups excluding carboxylic acids is 2. The third-order valence-corrected chi connectivity index (χ3v) is 10.1. The normalized spacial score (nSPS) is 15.1. The Bertz CT molecular complexity index is 1580. The van der Waals surface area contributed by atoms with E-state index in [1.54, 1.807) is 19.1 Å². The lowest BCUT2D eigenvalue weighted by atomic mass is 10.1. The zero-order valence-corrected chi connectivity index (χ0v) is 22.8. The van der Waals surface area contributed by atoms with Gasteiger partial charge < -0.3 is 10.2 Å². The number of thiophene rings is 1. The summed E-state index contributed by atoms with van der Waals surface area (Å²) in [5, 5.41) is 11.4. The fraction of sp³-hybridized carbons (Fsp3) is 0.273. The first kappa shape index (κ1) is 27.3. The first-order valence-electron chi connectivity index (χ1n) is 11.1. The Morgan fingerprint density at radius 3 is 2.38 bits per heavy atom. The molecular weight excluding hydrogens is 562 g/mol. The molecule has 0 atom stereocenters. The quantitative estimate of drug-likeness (QED) is 0.403. The van der Waals surface area contributed by atoms with Crippen molar-refractivity contribution < 1.29 is 26.4 Å². The van der Waals surface area contributed by atoms with Crippen molar-refractivity contribution in [2.45, 2.75) is 16.7 Å². The lowest BCUT2D eigenvalue weighted by Crippen LogP contribution is -2.50. The van der Waals surface area contributed by atoms with Gasteiger partial charge >= 0.3 is 6.03 Å². The monoisotopic (exact) mass is 585 g/mol. The van der Waals surface area contributed by atoms with Crippen molar-refractivity contribution in [2.75, 3.05) is 38.0 Å². The van der Waals surface area contributed by atoms with Crippen LogP contribution in [0.25, 0.3) is 10.1 Å². The van der Waals surface area contributed by atoms with E-state index in [1.165, 1.54) is 32.7 Å². The third-order valence-electron chi connectivity index (χ3n) is 5.75. The van der Waals surface area contributed by atoms with E-state index in [4.69, 9.17) is 16.7 Å². The van der Waals surface area contributed by atoms with Crippen LogP contribution in [-0.4, -0.2) is 70.7 Å². The number of piperazine rings is 1. The van der Waals surface area contributed by atoms with Gasteiger partial charge in [0.15, 0.2) is 0 Å². The molecule has 15 heteroatoms. The fourth-order valence-corrected chi connectivity index (χ4v) is 7.64. The van der Waals surface area contributed by atoms with E-state index in [0.29, 0.717) is 22.5 Å². The van der Waals surface area contributed by atoms with Crippen molar-refractivity contribution in [1.82, 2.24) is 14.5 Å².